The Kier molecular flexibility index (Phi) is 5.59. The zero-order valence-corrected chi connectivity index (χ0v) is 17.2. The third-order valence-corrected chi connectivity index (χ3v) is 5.90. The Hall–Kier alpha value is -2.45. The van der Waals surface area contributed by atoms with Gasteiger partial charge < -0.3 is 10.2 Å². The molecule has 1 aromatic carbocycles. The average molecular weight is 399 g/mol. The van der Waals surface area contributed by atoms with Crippen molar-refractivity contribution in [3.05, 3.63) is 52.4 Å². The minimum absolute atomic E-state index is 0.115. The van der Waals surface area contributed by atoms with Gasteiger partial charge in [0.2, 0.25) is 10.1 Å². The molecular formula is C20H26N6OS. The van der Waals surface area contributed by atoms with E-state index in [4.69, 9.17) is 0 Å². The predicted molar refractivity (Wildman–Crippen MR) is 115 cm³/mol. The van der Waals surface area contributed by atoms with Crippen molar-refractivity contribution in [2.45, 2.75) is 26.3 Å². The minimum atomic E-state index is -0.115. The van der Waals surface area contributed by atoms with Crippen LogP contribution in [-0.4, -0.2) is 58.3 Å². The number of nitrogens with one attached hydrogen (secondary N) is 1. The highest BCUT2D eigenvalue weighted by molar-refractivity contribution is 7.20. The van der Waals surface area contributed by atoms with E-state index < -0.39 is 0 Å². The van der Waals surface area contributed by atoms with Crippen molar-refractivity contribution in [3.8, 4) is 0 Å². The second-order valence-electron chi connectivity index (χ2n) is 7.21. The fourth-order valence-corrected chi connectivity index (χ4v) is 4.50. The van der Waals surface area contributed by atoms with Gasteiger partial charge in [-0.1, -0.05) is 36.5 Å². The molecule has 0 amide bonds. The Morgan fingerprint density at radius 3 is 2.64 bits per heavy atom. The van der Waals surface area contributed by atoms with Crippen molar-refractivity contribution in [3.63, 3.8) is 0 Å². The van der Waals surface area contributed by atoms with Crippen LogP contribution in [0.25, 0.3) is 4.96 Å². The molecule has 1 atom stereocenters. The Morgan fingerprint density at radius 1 is 1.18 bits per heavy atom. The van der Waals surface area contributed by atoms with Crippen molar-refractivity contribution in [2.75, 3.05) is 42.9 Å². The lowest BCUT2D eigenvalue weighted by Crippen LogP contribution is -2.49. The van der Waals surface area contributed by atoms with Crippen LogP contribution in [0.5, 0.6) is 0 Å². The highest BCUT2D eigenvalue weighted by atomic mass is 32.1. The van der Waals surface area contributed by atoms with Gasteiger partial charge in [-0.05, 0) is 25.5 Å². The van der Waals surface area contributed by atoms with Gasteiger partial charge in [0.05, 0.1) is 0 Å². The Labute approximate surface area is 168 Å². The summed E-state index contributed by atoms with van der Waals surface area (Å²) < 4.78 is 1.39. The summed E-state index contributed by atoms with van der Waals surface area (Å²) in [4.78, 5) is 22.2. The number of hydrogen-bond donors (Lipinski definition) is 1. The summed E-state index contributed by atoms with van der Waals surface area (Å²) in [6, 6.07) is 12.4. The van der Waals surface area contributed by atoms with Crippen LogP contribution < -0.4 is 15.8 Å². The van der Waals surface area contributed by atoms with Crippen LogP contribution in [0.3, 0.4) is 0 Å². The van der Waals surface area contributed by atoms with Gasteiger partial charge in [0.1, 0.15) is 0 Å². The molecule has 7 nitrogen and oxygen atoms in total. The number of fused-ring (bicyclic) bond motifs is 1. The lowest BCUT2D eigenvalue weighted by Gasteiger charge is -2.37. The molecule has 2 aromatic heterocycles. The number of hydrogen-bond acceptors (Lipinski definition) is 7. The number of aryl methyl sites for hydroxylation is 1. The van der Waals surface area contributed by atoms with Crippen LogP contribution in [-0.2, 0) is 6.42 Å². The van der Waals surface area contributed by atoms with E-state index in [1.807, 2.05) is 6.92 Å². The lowest BCUT2D eigenvalue weighted by atomic mass is 10.2. The van der Waals surface area contributed by atoms with Crippen LogP contribution in [0.4, 0.5) is 10.8 Å². The van der Waals surface area contributed by atoms with Crippen molar-refractivity contribution < 1.29 is 0 Å². The van der Waals surface area contributed by atoms with Crippen LogP contribution in [0.2, 0.25) is 0 Å². The summed E-state index contributed by atoms with van der Waals surface area (Å²) in [6.45, 7) is 9.26. The Morgan fingerprint density at radius 2 is 1.93 bits per heavy atom. The van der Waals surface area contributed by atoms with Crippen LogP contribution in [0, 0.1) is 0 Å². The first-order valence-electron chi connectivity index (χ1n) is 9.81. The minimum Gasteiger partial charge on any atom is -0.369 e. The molecule has 1 N–H and O–H groups in total. The molecule has 0 unspecified atom stereocenters. The van der Waals surface area contributed by atoms with Gasteiger partial charge in [0, 0.05) is 56.2 Å². The van der Waals surface area contributed by atoms with Gasteiger partial charge in [-0.15, -0.1) is 5.10 Å². The fraction of sp³-hybridized carbons (Fsp3) is 0.450. The van der Waals surface area contributed by atoms with Gasteiger partial charge in [0.15, 0.2) is 0 Å². The summed E-state index contributed by atoms with van der Waals surface area (Å²) in [6.07, 6.45) is 0.748. The van der Waals surface area contributed by atoms with Crippen LogP contribution >= 0.6 is 11.3 Å². The summed E-state index contributed by atoms with van der Waals surface area (Å²) in [5.74, 6) is 0. The van der Waals surface area contributed by atoms with Crippen molar-refractivity contribution in [1.29, 1.82) is 0 Å². The zero-order chi connectivity index (χ0) is 19.5. The van der Waals surface area contributed by atoms with Crippen LogP contribution in [0.15, 0.2) is 41.2 Å². The highest BCUT2D eigenvalue weighted by Crippen LogP contribution is 2.19. The maximum Gasteiger partial charge on any atom is 0.275 e. The molecule has 0 saturated carbocycles. The molecule has 0 bridgehead atoms. The normalized spacial score (nSPS) is 16.4. The molecule has 3 heterocycles. The number of benzene rings is 1. The number of nitrogens with zero attached hydrogens (tertiary/aromatic N) is 5. The standard InChI is InChI=1S/C20H26N6OS/c1-3-16-13-18(27)26-20(22-16)28-19(23-26)21-15(2)14-24-9-11-25(12-10-24)17-7-5-4-6-8-17/h4-8,13,15H,3,9-12,14H2,1-2H3,(H,21,23)/t15-/m1/s1. The average Bonchev–Trinajstić information content (AvgIpc) is 3.12. The second-order valence-corrected chi connectivity index (χ2v) is 8.17. The van der Waals surface area contributed by atoms with E-state index in [9.17, 15) is 4.79 Å². The molecule has 1 aliphatic rings. The van der Waals surface area contributed by atoms with E-state index >= 15 is 0 Å². The zero-order valence-electron chi connectivity index (χ0n) is 16.3. The lowest BCUT2D eigenvalue weighted by molar-refractivity contribution is 0.251. The van der Waals surface area contributed by atoms with E-state index in [2.05, 4.69) is 62.5 Å². The fourth-order valence-electron chi connectivity index (χ4n) is 3.57. The quantitative estimate of drug-likeness (QED) is 0.688. The molecule has 8 heteroatoms. The molecule has 28 heavy (non-hydrogen) atoms. The number of aromatic nitrogens is 3. The molecular weight excluding hydrogens is 372 g/mol. The molecule has 1 aliphatic heterocycles. The number of anilines is 2. The maximum atomic E-state index is 12.1. The molecule has 4 rings (SSSR count). The van der Waals surface area contributed by atoms with E-state index in [1.54, 1.807) is 6.07 Å². The van der Waals surface area contributed by atoms with Gasteiger partial charge in [-0.2, -0.15) is 4.52 Å². The largest absolute Gasteiger partial charge is 0.369 e. The second kappa shape index (κ2) is 8.28. The number of rotatable bonds is 6. The van der Waals surface area contributed by atoms with E-state index in [0.717, 1.165) is 50.0 Å². The maximum absolute atomic E-state index is 12.1. The summed E-state index contributed by atoms with van der Waals surface area (Å²) in [5, 5.41) is 8.58. The number of para-hydroxylation sites is 1. The first kappa shape index (κ1) is 18.9. The first-order valence-corrected chi connectivity index (χ1v) is 10.6. The third kappa shape index (κ3) is 4.18. The van der Waals surface area contributed by atoms with Gasteiger partial charge in [-0.3, -0.25) is 9.69 Å². The smallest absolute Gasteiger partial charge is 0.275 e. The molecule has 148 valence electrons. The van der Waals surface area contributed by atoms with E-state index in [0.29, 0.717) is 4.96 Å². The topological polar surface area (TPSA) is 65.8 Å². The van der Waals surface area contributed by atoms with Gasteiger partial charge >= 0.3 is 0 Å². The molecule has 0 radical (unpaired) electrons. The van der Waals surface area contributed by atoms with Crippen molar-refractivity contribution >= 4 is 27.1 Å². The van der Waals surface area contributed by atoms with Gasteiger partial charge in [0.25, 0.3) is 5.56 Å². The third-order valence-electron chi connectivity index (χ3n) is 5.06. The summed E-state index contributed by atoms with van der Waals surface area (Å²) in [7, 11) is 0. The van der Waals surface area contributed by atoms with Crippen molar-refractivity contribution in [1.82, 2.24) is 19.5 Å². The summed E-state index contributed by atoms with van der Waals surface area (Å²) >= 11 is 1.43. The van der Waals surface area contributed by atoms with E-state index in [-0.39, 0.29) is 11.6 Å². The Balaban J connectivity index is 1.34. The van der Waals surface area contributed by atoms with E-state index in [1.165, 1.54) is 21.5 Å². The molecule has 1 saturated heterocycles. The first-order chi connectivity index (χ1) is 13.6. The van der Waals surface area contributed by atoms with Gasteiger partial charge in [-0.25, -0.2) is 4.98 Å². The monoisotopic (exact) mass is 398 g/mol. The Bertz CT molecular complexity index is 977. The highest BCUT2D eigenvalue weighted by Gasteiger charge is 2.19. The van der Waals surface area contributed by atoms with Crippen molar-refractivity contribution in [2.24, 2.45) is 0 Å². The predicted octanol–water partition coefficient (Wildman–Crippen LogP) is 2.34. The molecule has 0 spiro atoms. The number of piperazine rings is 1. The van der Waals surface area contributed by atoms with Crippen LogP contribution in [0.1, 0.15) is 19.5 Å². The molecule has 1 fully saturated rings. The molecule has 3 aromatic rings. The SMILES string of the molecule is CCc1cc(=O)n2nc(N[C@H](C)CN3CCN(c4ccccc4)CC3)sc2n1. The summed E-state index contributed by atoms with van der Waals surface area (Å²) in [5.41, 5.74) is 1.99. The molecule has 0 aliphatic carbocycles.